The van der Waals surface area contributed by atoms with Crippen LogP contribution in [-0.2, 0) is 0 Å². The van der Waals surface area contributed by atoms with E-state index in [0.717, 1.165) is 55.0 Å². The second-order valence-corrected chi connectivity index (χ2v) is 8.82. The van der Waals surface area contributed by atoms with Crippen molar-refractivity contribution in [1.82, 2.24) is 14.5 Å². The zero-order valence-electron chi connectivity index (χ0n) is 20.3. The summed E-state index contributed by atoms with van der Waals surface area (Å²) < 4.78 is 15.1. The number of hydrogen-bond acceptors (Lipinski definition) is 3. The quantitative estimate of drug-likeness (QED) is 0.362. The van der Waals surface area contributed by atoms with E-state index >= 15 is 0 Å². The number of nitrogens with zero attached hydrogens (tertiary/aromatic N) is 4. The maximum atomic E-state index is 12.8. The van der Waals surface area contributed by atoms with Crippen molar-refractivity contribution in [3.05, 3.63) is 45.9 Å². The number of benzene rings is 1. The van der Waals surface area contributed by atoms with Gasteiger partial charge in [-0.15, -0.1) is 0 Å². The van der Waals surface area contributed by atoms with Crippen LogP contribution in [0.4, 0.5) is 10.2 Å². The number of rotatable bonds is 9. The molecule has 168 valence electrons. The Labute approximate surface area is 186 Å². The van der Waals surface area contributed by atoms with Gasteiger partial charge in [-0.25, -0.2) is 9.97 Å². The van der Waals surface area contributed by atoms with Gasteiger partial charge in [-0.05, 0) is 77.5 Å². The third-order valence-corrected chi connectivity index (χ3v) is 6.20. The molecule has 0 aliphatic rings. The number of anilines is 1. The van der Waals surface area contributed by atoms with Crippen LogP contribution in [0.25, 0.3) is 16.7 Å². The van der Waals surface area contributed by atoms with Crippen LogP contribution in [0.15, 0.2) is 12.1 Å². The van der Waals surface area contributed by atoms with E-state index in [1.807, 2.05) is 6.92 Å². The highest BCUT2D eigenvalue weighted by atomic mass is 19.1. The van der Waals surface area contributed by atoms with Gasteiger partial charge in [0.25, 0.3) is 0 Å². The van der Waals surface area contributed by atoms with Crippen LogP contribution in [0, 0.1) is 41.5 Å². The zero-order chi connectivity index (χ0) is 22.7. The fraction of sp³-hybridized carbons (Fsp3) is 0.538. The lowest BCUT2D eigenvalue weighted by Gasteiger charge is -2.25. The largest absolute Gasteiger partial charge is 0.356 e. The first-order valence-electron chi connectivity index (χ1n) is 11.6. The van der Waals surface area contributed by atoms with E-state index in [1.165, 1.54) is 33.6 Å². The third kappa shape index (κ3) is 4.60. The van der Waals surface area contributed by atoms with Crippen LogP contribution < -0.4 is 4.90 Å². The molecular formula is C26H37FN4. The number of aryl methyl sites for hydroxylation is 5. The molecule has 0 aliphatic carbocycles. The molecule has 0 unspecified atom stereocenters. The van der Waals surface area contributed by atoms with Crippen molar-refractivity contribution in [3.63, 3.8) is 0 Å². The lowest BCUT2D eigenvalue weighted by Crippen LogP contribution is -2.27. The van der Waals surface area contributed by atoms with Crippen molar-refractivity contribution in [2.45, 2.75) is 74.1 Å². The predicted molar refractivity (Wildman–Crippen MR) is 130 cm³/mol. The highest BCUT2D eigenvalue weighted by Crippen LogP contribution is 2.36. The molecule has 0 spiro atoms. The van der Waals surface area contributed by atoms with Gasteiger partial charge in [0.1, 0.15) is 11.6 Å². The number of hydrogen-bond donors (Lipinski definition) is 0. The van der Waals surface area contributed by atoms with Gasteiger partial charge in [-0.1, -0.05) is 31.0 Å². The normalized spacial score (nSPS) is 11.5. The van der Waals surface area contributed by atoms with E-state index in [1.54, 1.807) is 0 Å². The van der Waals surface area contributed by atoms with Gasteiger partial charge < -0.3 is 4.90 Å². The first-order chi connectivity index (χ1) is 14.8. The van der Waals surface area contributed by atoms with E-state index in [0.29, 0.717) is 6.42 Å². The van der Waals surface area contributed by atoms with E-state index < -0.39 is 0 Å². The molecule has 0 fully saturated rings. The molecule has 31 heavy (non-hydrogen) atoms. The minimum Gasteiger partial charge on any atom is -0.356 e. The molecule has 0 atom stereocenters. The van der Waals surface area contributed by atoms with Gasteiger partial charge in [-0.3, -0.25) is 8.96 Å². The lowest BCUT2D eigenvalue weighted by atomic mass is 10.0. The number of halogens is 1. The molecule has 2 heterocycles. The molecule has 0 amide bonds. The first-order valence-corrected chi connectivity index (χ1v) is 11.6. The number of fused-ring (bicyclic) bond motifs is 1. The summed E-state index contributed by atoms with van der Waals surface area (Å²) in [5.74, 6) is 1.77. The van der Waals surface area contributed by atoms with Gasteiger partial charge in [0.2, 0.25) is 0 Å². The Morgan fingerprint density at radius 1 is 0.903 bits per heavy atom. The molecular weight excluding hydrogens is 387 g/mol. The Hall–Kier alpha value is -2.43. The standard InChI is InChI=1S/C26H37FN4/c1-8-9-13-30(14-11-10-12-27)25-23-20(5)21(6)31(26(23)29-22(7)28-25)24-18(3)15-17(2)16-19(24)4/h15-16H,8-14H2,1-7H3. The molecule has 0 N–H and O–H groups in total. The Kier molecular flexibility index (Phi) is 7.34. The summed E-state index contributed by atoms with van der Waals surface area (Å²) in [5, 5.41) is 1.12. The van der Waals surface area contributed by atoms with Crippen LogP contribution in [0.2, 0.25) is 0 Å². The van der Waals surface area contributed by atoms with E-state index in [-0.39, 0.29) is 6.67 Å². The van der Waals surface area contributed by atoms with Crippen molar-refractivity contribution in [2.75, 3.05) is 24.7 Å². The Balaban J connectivity index is 2.26. The van der Waals surface area contributed by atoms with E-state index in [4.69, 9.17) is 9.97 Å². The molecule has 4 nitrogen and oxygen atoms in total. The number of alkyl halides is 1. The van der Waals surface area contributed by atoms with Gasteiger partial charge in [0, 0.05) is 18.8 Å². The topological polar surface area (TPSA) is 34.0 Å². The highest BCUT2D eigenvalue weighted by Gasteiger charge is 2.23. The molecule has 5 heteroatoms. The Morgan fingerprint density at radius 3 is 2.16 bits per heavy atom. The van der Waals surface area contributed by atoms with Gasteiger partial charge >= 0.3 is 0 Å². The maximum Gasteiger partial charge on any atom is 0.150 e. The molecule has 1 aromatic carbocycles. The third-order valence-electron chi connectivity index (χ3n) is 6.20. The monoisotopic (exact) mass is 424 g/mol. The van der Waals surface area contributed by atoms with Gasteiger partial charge in [0.15, 0.2) is 5.65 Å². The molecule has 0 saturated heterocycles. The molecule has 0 bridgehead atoms. The minimum atomic E-state index is -0.264. The Bertz CT molecular complexity index is 1040. The molecule has 0 aliphatic heterocycles. The molecule has 0 saturated carbocycles. The molecule has 0 radical (unpaired) electrons. The number of unbranched alkanes of at least 4 members (excludes halogenated alkanes) is 2. The number of aromatic nitrogens is 3. The fourth-order valence-corrected chi connectivity index (χ4v) is 4.65. The predicted octanol–water partition coefficient (Wildman–Crippen LogP) is 6.63. The van der Waals surface area contributed by atoms with Crippen LogP contribution in [0.3, 0.4) is 0 Å². The van der Waals surface area contributed by atoms with Gasteiger partial charge in [0.05, 0.1) is 17.7 Å². The zero-order valence-corrected chi connectivity index (χ0v) is 20.3. The highest BCUT2D eigenvalue weighted by molar-refractivity contribution is 5.94. The van der Waals surface area contributed by atoms with E-state index in [2.05, 4.69) is 63.1 Å². The summed E-state index contributed by atoms with van der Waals surface area (Å²) in [6.45, 7) is 16.5. The summed E-state index contributed by atoms with van der Waals surface area (Å²) in [7, 11) is 0. The average Bonchev–Trinajstić information content (AvgIpc) is 2.94. The SMILES string of the molecule is CCCCN(CCCCF)c1nc(C)nc2c1c(C)c(C)n2-c1c(C)cc(C)cc1C. The second kappa shape index (κ2) is 9.80. The van der Waals surface area contributed by atoms with Gasteiger partial charge in [-0.2, -0.15) is 0 Å². The van der Waals surface area contributed by atoms with Crippen molar-refractivity contribution in [2.24, 2.45) is 0 Å². The van der Waals surface area contributed by atoms with E-state index in [9.17, 15) is 4.39 Å². The van der Waals surface area contributed by atoms with Crippen molar-refractivity contribution >= 4 is 16.9 Å². The van der Waals surface area contributed by atoms with Crippen LogP contribution in [-0.4, -0.2) is 34.3 Å². The fourth-order valence-electron chi connectivity index (χ4n) is 4.65. The molecule has 3 rings (SSSR count). The minimum absolute atomic E-state index is 0.264. The summed E-state index contributed by atoms with van der Waals surface area (Å²) >= 11 is 0. The van der Waals surface area contributed by atoms with Crippen molar-refractivity contribution < 1.29 is 4.39 Å². The lowest BCUT2D eigenvalue weighted by molar-refractivity contribution is 0.460. The first kappa shape index (κ1) is 23.2. The van der Waals surface area contributed by atoms with Crippen molar-refractivity contribution in [3.8, 4) is 5.69 Å². The summed E-state index contributed by atoms with van der Waals surface area (Å²) in [6.07, 6.45) is 3.64. The van der Waals surface area contributed by atoms with Crippen LogP contribution in [0.5, 0.6) is 0 Å². The molecule has 2 aromatic heterocycles. The summed E-state index contributed by atoms with van der Waals surface area (Å²) in [4.78, 5) is 12.2. The smallest absolute Gasteiger partial charge is 0.150 e. The average molecular weight is 425 g/mol. The summed E-state index contributed by atoms with van der Waals surface area (Å²) in [5.41, 5.74) is 8.38. The van der Waals surface area contributed by atoms with Crippen LogP contribution >= 0.6 is 0 Å². The summed E-state index contributed by atoms with van der Waals surface area (Å²) in [6, 6.07) is 4.48. The maximum absolute atomic E-state index is 12.8. The molecule has 3 aromatic rings. The second-order valence-electron chi connectivity index (χ2n) is 8.82. The van der Waals surface area contributed by atoms with Crippen molar-refractivity contribution in [1.29, 1.82) is 0 Å². The van der Waals surface area contributed by atoms with Crippen LogP contribution in [0.1, 0.15) is 66.4 Å². The Morgan fingerprint density at radius 2 is 1.55 bits per heavy atom.